The van der Waals surface area contributed by atoms with Gasteiger partial charge in [-0.2, -0.15) is 0 Å². The van der Waals surface area contributed by atoms with Gasteiger partial charge in [0.2, 0.25) is 0 Å². The number of amides is 3. The lowest BCUT2D eigenvalue weighted by molar-refractivity contribution is -0.143. The Morgan fingerprint density at radius 3 is 2.63 bits per heavy atom. The van der Waals surface area contributed by atoms with Crippen LogP contribution in [-0.2, 0) is 19.1 Å². The van der Waals surface area contributed by atoms with Crippen LogP contribution in [0.3, 0.4) is 0 Å². The van der Waals surface area contributed by atoms with Crippen molar-refractivity contribution in [2.24, 2.45) is 0 Å². The second-order valence-corrected chi connectivity index (χ2v) is 4.28. The van der Waals surface area contributed by atoms with Crippen LogP contribution in [0.1, 0.15) is 13.3 Å². The number of carbonyl (C=O) groups excluding carboxylic acids is 2. The molecule has 2 atom stereocenters. The first kappa shape index (κ1) is 15.4. The highest BCUT2D eigenvalue weighted by Crippen LogP contribution is 2.17. The predicted octanol–water partition coefficient (Wildman–Crippen LogP) is -0.567. The SMILES string of the molecule is CC1OCCC1N(C)C(=O)NC(=O)COCC(=O)O. The van der Waals surface area contributed by atoms with Crippen LogP contribution in [0.15, 0.2) is 0 Å². The van der Waals surface area contributed by atoms with Crippen LogP contribution in [0.2, 0.25) is 0 Å². The van der Waals surface area contributed by atoms with Crippen LogP contribution in [-0.4, -0.2) is 66.9 Å². The average Bonchev–Trinajstić information content (AvgIpc) is 2.73. The van der Waals surface area contributed by atoms with Gasteiger partial charge in [0, 0.05) is 13.7 Å². The lowest BCUT2D eigenvalue weighted by Crippen LogP contribution is -2.48. The van der Waals surface area contributed by atoms with Gasteiger partial charge < -0.3 is 19.5 Å². The van der Waals surface area contributed by atoms with Crippen LogP contribution >= 0.6 is 0 Å². The van der Waals surface area contributed by atoms with Gasteiger partial charge in [-0.1, -0.05) is 0 Å². The van der Waals surface area contributed by atoms with Gasteiger partial charge in [0.1, 0.15) is 13.2 Å². The highest BCUT2D eigenvalue weighted by atomic mass is 16.5. The number of imide groups is 1. The first-order valence-corrected chi connectivity index (χ1v) is 5.89. The molecule has 0 aliphatic carbocycles. The van der Waals surface area contributed by atoms with Crippen LogP contribution < -0.4 is 5.32 Å². The van der Waals surface area contributed by atoms with E-state index in [-0.39, 0.29) is 12.1 Å². The van der Waals surface area contributed by atoms with Crippen LogP contribution in [0.4, 0.5) is 4.79 Å². The van der Waals surface area contributed by atoms with Gasteiger partial charge in [0.15, 0.2) is 0 Å². The summed E-state index contributed by atoms with van der Waals surface area (Å²) in [6.07, 6.45) is 0.642. The Bertz CT molecular complexity index is 359. The molecule has 0 radical (unpaired) electrons. The van der Waals surface area contributed by atoms with Crippen molar-refractivity contribution in [1.82, 2.24) is 10.2 Å². The maximum Gasteiger partial charge on any atom is 0.329 e. The summed E-state index contributed by atoms with van der Waals surface area (Å²) in [5.74, 6) is -1.85. The van der Waals surface area contributed by atoms with Crippen molar-refractivity contribution in [2.45, 2.75) is 25.5 Å². The number of carboxylic acid groups (broad SMARTS) is 1. The minimum atomic E-state index is -1.17. The fraction of sp³-hybridized carbons (Fsp3) is 0.727. The summed E-state index contributed by atoms with van der Waals surface area (Å²) in [6, 6.07) is -0.626. The number of hydrogen-bond acceptors (Lipinski definition) is 5. The van der Waals surface area contributed by atoms with Crippen molar-refractivity contribution in [3.05, 3.63) is 0 Å². The maximum atomic E-state index is 11.7. The fourth-order valence-corrected chi connectivity index (χ4v) is 1.85. The Morgan fingerprint density at radius 1 is 1.42 bits per heavy atom. The van der Waals surface area contributed by atoms with E-state index in [9.17, 15) is 14.4 Å². The molecule has 0 aromatic carbocycles. The minimum absolute atomic E-state index is 0.0749. The van der Waals surface area contributed by atoms with Gasteiger partial charge in [-0.15, -0.1) is 0 Å². The molecule has 1 fully saturated rings. The third-order valence-corrected chi connectivity index (χ3v) is 2.86. The lowest BCUT2D eigenvalue weighted by Gasteiger charge is -2.26. The van der Waals surface area contributed by atoms with E-state index in [1.807, 2.05) is 6.92 Å². The minimum Gasteiger partial charge on any atom is -0.480 e. The molecule has 1 rings (SSSR count). The van der Waals surface area contributed by atoms with Gasteiger partial charge in [0.25, 0.3) is 5.91 Å². The van der Waals surface area contributed by atoms with Crippen molar-refractivity contribution in [2.75, 3.05) is 26.9 Å². The number of urea groups is 1. The molecule has 1 heterocycles. The fourth-order valence-electron chi connectivity index (χ4n) is 1.85. The molecule has 0 spiro atoms. The monoisotopic (exact) mass is 274 g/mol. The van der Waals surface area contributed by atoms with Gasteiger partial charge >= 0.3 is 12.0 Å². The molecule has 0 bridgehead atoms. The van der Waals surface area contributed by atoms with Crippen molar-refractivity contribution in [1.29, 1.82) is 0 Å². The lowest BCUT2D eigenvalue weighted by atomic mass is 10.1. The van der Waals surface area contributed by atoms with E-state index in [1.165, 1.54) is 4.90 Å². The third-order valence-electron chi connectivity index (χ3n) is 2.86. The predicted molar refractivity (Wildman–Crippen MR) is 63.6 cm³/mol. The van der Waals surface area contributed by atoms with Gasteiger partial charge in [-0.25, -0.2) is 9.59 Å². The molecule has 1 saturated heterocycles. The van der Waals surface area contributed by atoms with E-state index in [2.05, 4.69) is 10.1 Å². The van der Waals surface area contributed by atoms with Crippen LogP contribution in [0.25, 0.3) is 0 Å². The Morgan fingerprint density at radius 2 is 2.11 bits per heavy atom. The summed E-state index contributed by atoms with van der Waals surface area (Å²) in [7, 11) is 1.58. The number of nitrogens with zero attached hydrogens (tertiary/aromatic N) is 1. The number of likely N-dealkylation sites (N-methyl/N-ethyl adjacent to an activating group) is 1. The summed E-state index contributed by atoms with van der Waals surface area (Å²) in [4.78, 5) is 34.7. The topological polar surface area (TPSA) is 105 Å². The number of carboxylic acids is 1. The molecular weight excluding hydrogens is 256 g/mol. The first-order valence-electron chi connectivity index (χ1n) is 5.89. The molecule has 108 valence electrons. The summed E-state index contributed by atoms with van der Waals surface area (Å²) >= 11 is 0. The molecule has 0 aromatic rings. The van der Waals surface area contributed by atoms with Gasteiger partial charge in [-0.05, 0) is 13.3 Å². The van der Waals surface area contributed by atoms with E-state index in [1.54, 1.807) is 7.05 Å². The molecule has 1 aliphatic rings. The van der Waals surface area contributed by atoms with E-state index < -0.39 is 31.1 Å². The Balaban J connectivity index is 2.33. The number of carbonyl (C=O) groups is 3. The number of rotatable bonds is 5. The molecule has 8 heteroatoms. The summed E-state index contributed by atoms with van der Waals surface area (Å²) in [6.45, 7) is 1.39. The summed E-state index contributed by atoms with van der Waals surface area (Å²) in [5.41, 5.74) is 0. The highest BCUT2D eigenvalue weighted by Gasteiger charge is 2.31. The Labute approximate surface area is 110 Å². The highest BCUT2D eigenvalue weighted by molar-refractivity contribution is 5.95. The zero-order chi connectivity index (χ0) is 14.4. The molecule has 0 aromatic heterocycles. The molecule has 2 N–H and O–H groups in total. The maximum absolute atomic E-state index is 11.7. The molecule has 0 saturated carbocycles. The van der Waals surface area contributed by atoms with Crippen molar-refractivity contribution in [3.8, 4) is 0 Å². The van der Waals surface area contributed by atoms with Crippen LogP contribution in [0, 0.1) is 0 Å². The molecule has 1 aliphatic heterocycles. The van der Waals surface area contributed by atoms with E-state index in [4.69, 9.17) is 9.84 Å². The van der Waals surface area contributed by atoms with Crippen molar-refractivity contribution < 1.29 is 29.0 Å². The Hall–Kier alpha value is -1.67. The summed E-state index contributed by atoms with van der Waals surface area (Å²) < 4.78 is 9.91. The largest absolute Gasteiger partial charge is 0.480 e. The van der Waals surface area contributed by atoms with Crippen molar-refractivity contribution in [3.63, 3.8) is 0 Å². The third kappa shape index (κ3) is 4.84. The summed E-state index contributed by atoms with van der Waals surface area (Å²) in [5, 5.41) is 10.4. The second-order valence-electron chi connectivity index (χ2n) is 4.28. The standard InChI is InChI=1S/C11H18N2O6/c1-7-8(3-4-19-7)13(2)11(17)12-9(14)5-18-6-10(15)16/h7-8H,3-6H2,1-2H3,(H,15,16)(H,12,14,17). The zero-order valence-electron chi connectivity index (χ0n) is 10.9. The second kappa shape index (κ2) is 7.05. The van der Waals surface area contributed by atoms with E-state index in [0.717, 1.165) is 6.42 Å². The molecule has 3 amide bonds. The van der Waals surface area contributed by atoms with Crippen LogP contribution in [0.5, 0.6) is 0 Å². The number of hydrogen-bond donors (Lipinski definition) is 2. The molecule has 19 heavy (non-hydrogen) atoms. The van der Waals surface area contributed by atoms with E-state index in [0.29, 0.717) is 6.61 Å². The van der Waals surface area contributed by atoms with Gasteiger partial charge in [-0.3, -0.25) is 10.1 Å². The Kier molecular flexibility index (Phi) is 5.71. The molecule has 2 unspecified atom stereocenters. The number of ether oxygens (including phenoxy) is 2. The molecular formula is C11H18N2O6. The van der Waals surface area contributed by atoms with E-state index >= 15 is 0 Å². The number of nitrogens with one attached hydrogen (secondary N) is 1. The molecule has 8 nitrogen and oxygen atoms in total. The smallest absolute Gasteiger partial charge is 0.329 e. The normalized spacial score (nSPS) is 22.0. The first-order chi connectivity index (χ1) is 8.91. The number of aliphatic carboxylic acids is 1. The average molecular weight is 274 g/mol. The van der Waals surface area contributed by atoms with Gasteiger partial charge in [0.05, 0.1) is 12.1 Å². The zero-order valence-corrected chi connectivity index (χ0v) is 10.9. The quantitative estimate of drug-likeness (QED) is 0.695. The van der Waals surface area contributed by atoms with Crippen molar-refractivity contribution >= 4 is 17.9 Å².